The number of pyridine rings is 1. The van der Waals surface area contributed by atoms with Crippen LogP contribution in [0.2, 0.25) is 0 Å². The van der Waals surface area contributed by atoms with E-state index in [1.54, 1.807) is 24.2 Å². The molecule has 0 bridgehead atoms. The summed E-state index contributed by atoms with van der Waals surface area (Å²) in [5, 5.41) is 0.932. The molecule has 0 aromatic carbocycles. The third kappa shape index (κ3) is 2.52. The molecule has 2 heterocycles. The van der Waals surface area contributed by atoms with E-state index in [2.05, 4.69) is 4.98 Å². The maximum atomic E-state index is 10.6. The van der Waals surface area contributed by atoms with Gasteiger partial charge >= 0.3 is 0 Å². The summed E-state index contributed by atoms with van der Waals surface area (Å²) in [6.07, 6.45) is 4.05. The van der Waals surface area contributed by atoms with E-state index in [1.807, 2.05) is 25.1 Å². The summed E-state index contributed by atoms with van der Waals surface area (Å²) in [5.41, 5.74) is 1.63. The molecular weight excluding hydrogens is 222 g/mol. The van der Waals surface area contributed by atoms with Crippen molar-refractivity contribution in [2.75, 3.05) is 0 Å². The molecule has 0 aliphatic heterocycles. The molecule has 0 unspecified atom stereocenters. The van der Waals surface area contributed by atoms with E-state index in [4.69, 9.17) is 4.42 Å². The van der Waals surface area contributed by atoms with Gasteiger partial charge in [0.2, 0.25) is 0 Å². The number of hydrogen-bond donors (Lipinski definition) is 0. The smallest absolute Gasteiger partial charge is 0.151 e. The number of carbonyl (C=O) groups is 1. The first kappa shape index (κ1) is 11.0. The quantitative estimate of drug-likeness (QED) is 0.601. The zero-order valence-corrected chi connectivity index (χ0v) is 9.66. The first-order valence-electron chi connectivity index (χ1n) is 4.86. The molecular formula is C12H11NO2S. The second-order valence-electron chi connectivity index (χ2n) is 3.38. The fourth-order valence-corrected chi connectivity index (χ4v) is 2.19. The van der Waals surface area contributed by atoms with Crippen LogP contribution in [0.25, 0.3) is 0 Å². The number of thioether (sulfide) groups is 1. The van der Waals surface area contributed by atoms with E-state index >= 15 is 0 Å². The molecule has 2 aromatic heterocycles. The second kappa shape index (κ2) is 4.99. The predicted octanol–water partition coefficient (Wildman–Crippen LogP) is 3.09. The maximum Gasteiger partial charge on any atom is 0.151 e. The summed E-state index contributed by atoms with van der Waals surface area (Å²) in [4.78, 5) is 14.8. The molecule has 0 N–H and O–H groups in total. The minimum atomic E-state index is 0.611. The zero-order valence-electron chi connectivity index (χ0n) is 8.84. The van der Waals surface area contributed by atoms with Crippen LogP contribution in [0, 0.1) is 6.92 Å². The Morgan fingerprint density at radius 3 is 3.06 bits per heavy atom. The lowest BCUT2D eigenvalue weighted by atomic mass is 10.2. The van der Waals surface area contributed by atoms with Gasteiger partial charge in [0.15, 0.2) is 6.29 Å². The highest BCUT2D eigenvalue weighted by molar-refractivity contribution is 7.98. The van der Waals surface area contributed by atoms with Gasteiger partial charge in [0.1, 0.15) is 5.76 Å². The van der Waals surface area contributed by atoms with Gasteiger partial charge in [0, 0.05) is 11.8 Å². The molecule has 2 rings (SSSR count). The molecule has 16 heavy (non-hydrogen) atoms. The number of furan rings is 1. The number of aromatic nitrogens is 1. The minimum absolute atomic E-state index is 0.611. The van der Waals surface area contributed by atoms with Gasteiger partial charge in [0.05, 0.1) is 17.0 Å². The van der Waals surface area contributed by atoms with Gasteiger partial charge in [-0.1, -0.05) is 11.8 Å². The van der Waals surface area contributed by atoms with Crippen molar-refractivity contribution >= 4 is 18.0 Å². The lowest BCUT2D eigenvalue weighted by molar-refractivity contribution is 0.112. The van der Waals surface area contributed by atoms with Crippen LogP contribution in [-0.4, -0.2) is 11.3 Å². The summed E-state index contributed by atoms with van der Waals surface area (Å²) in [5.74, 6) is 1.67. The fraction of sp³-hybridized carbons (Fsp3) is 0.167. The SMILES string of the molecule is Cc1cc(C=O)cnc1SCc1ccco1. The van der Waals surface area contributed by atoms with Crippen molar-refractivity contribution in [1.82, 2.24) is 4.98 Å². The Kier molecular flexibility index (Phi) is 3.41. The molecule has 3 nitrogen and oxygen atoms in total. The molecule has 4 heteroatoms. The summed E-state index contributed by atoms with van der Waals surface area (Å²) in [7, 11) is 0. The normalized spacial score (nSPS) is 10.3. The number of nitrogens with zero attached hydrogens (tertiary/aromatic N) is 1. The van der Waals surface area contributed by atoms with Crippen LogP contribution in [0.1, 0.15) is 21.7 Å². The van der Waals surface area contributed by atoms with E-state index in [-0.39, 0.29) is 0 Å². The number of rotatable bonds is 4. The van der Waals surface area contributed by atoms with Gasteiger partial charge in [-0.15, -0.1) is 0 Å². The van der Waals surface area contributed by atoms with E-state index in [0.717, 1.165) is 28.4 Å². The van der Waals surface area contributed by atoms with Crippen LogP contribution in [-0.2, 0) is 5.75 Å². The van der Waals surface area contributed by atoms with Crippen LogP contribution < -0.4 is 0 Å². The minimum Gasteiger partial charge on any atom is -0.468 e. The van der Waals surface area contributed by atoms with Crippen LogP contribution in [0.15, 0.2) is 40.1 Å². The van der Waals surface area contributed by atoms with Crippen LogP contribution in [0.3, 0.4) is 0 Å². The van der Waals surface area contributed by atoms with Gasteiger partial charge in [0.25, 0.3) is 0 Å². The molecule has 0 spiro atoms. The molecule has 82 valence electrons. The number of aryl methyl sites for hydroxylation is 1. The van der Waals surface area contributed by atoms with Crippen molar-refractivity contribution < 1.29 is 9.21 Å². The van der Waals surface area contributed by atoms with Gasteiger partial charge < -0.3 is 4.42 Å². The van der Waals surface area contributed by atoms with Crippen LogP contribution in [0.4, 0.5) is 0 Å². The Balaban J connectivity index is 2.07. The third-order valence-electron chi connectivity index (χ3n) is 2.12. The highest BCUT2D eigenvalue weighted by Crippen LogP contribution is 2.24. The van der Waals surface area contributed by atoms with Gasteiger partial charge in [-0.25, -0.2) is 4.98 Å². The van der Waals surface area contributed by atoms with Crippen molar-refractivity contribution in [3.05, 3.63) is 47.5 Å². The van der Waals surface area contributed by atoms with E-state index in [0.29, 0.717) is 5.56 Å². The molecule has 0 amide bonds. The average molecular weight is 233 g/mol. The van der Waals surface area contributed by atoms with Crippen molar-refractivity contribution in [2.24, 2.45) is 0 Å². The molecule has 0 saturated heterocycles. The van der Waals surface area contributed by atoms with E-state index in [1.165, 1.54) is 0 Å². The van der Waals surface area contributed by atoms with Crippen LogP contribution in [0.5, 0.6) is 0 Å². The summed E-state index contributed by atoms with van der Waals surface area (Å²) >= 11 is 1.60. The topological polar surface area (TPSA) is 43.1 Å². The molecule has 0 atom stereocenters. The maximum absolute atomic E-state index is 10.6. The fourth-order valence-electron chi connectivity index (χ4n) is 1.33. The molecule has 0 aliphatic carbocycles. The van der Waals surface area contributed by atoms with Crippen molar-refractivity contribution in [1.29, 1.82) is 0 Å². The standard InChI is InChI=1S/C12H11NO2S/c1-9-5-10(7-14)6-13-12(9)16-8-11-3-2-4-15-11/h2-7H,8H2,1H3. The largest absolute Gasteiger partial charge is 0.468 e. The van der Waals surface area contributed by atoms with Crippen LogP contribution >= 0.6 is 11.8 Å². The Morgan fingerprint density at radius 2 is 2.44 bits per heavy atom. The number of aldehydes is 1. The van der Waals surface area contributed by atoms with Gasteiger partial charge in [-0.2, -0.15) is 0 Å². The first-order chi connectivity index (χ1) is 7.79. The summed E-state index contributed by atoms with van der Waals surface area (Å²) in [6.45, 7) is 1.95. The van der Waals surface area contributed by atoms with Crippen molar-refractivity contribution in [3.8, 4) is 0 Å². The number of hydrogen-bond acceptors (Lipinski definition) is 4. The summed E-state index contributed by atoms with van der Waals surface area (Å²) in [6, 6.07) is 5.64. The lowest BCUT2D eigenvalue weighted by Crippen LogP contribution is -1.90. The Morgan fingerprint density at radius 1 is 1.56 bits per heavy atom. The monoisotopic (exact) mass is 233 g/mol. The average Bonchev–Trinajstić information content (AvgIpc) is 2.80. The molecule has 0 radical (unpaired) electrons. The predicted molar refractivity (Wildman–Crippen MR) is 62.6 cm³/mol. The summed E-state index contributed by atoms with van der Waals surface area (Å²) < 4.78 is 5.24. The van der Waals surface area contributed by atoms with E-state index in [9.17, 15) is 4.79 Å². The number of carbonyl (C=O) groups excluding carboxylic acids is 1. The third-order valence-corrected chi connectivity index (χ3v) is 3.25. The Hall–Kier alpha value is -1.55. The second-order valence-corrected chi connectivity index (χ2v) is 4.34. The molecule has 0 aliphatic rings. The van der Waals surface area contributed by atoms with Gasteiger partial charge in [-0.05, 0) is 30.7 Å². The highest BCUT2D eigenvalue weighted by atomic mass is 32.2. The Bertz CT molecular complexity index is 480. The zero-order chi connectivity index (χ0) is 11.4. The first-order valence-corrected chi connectivity index (χ1v) is 5.85. The highest BCUT2D eigenvalue weighted by Gasteiger charge is 2.04. The lowest BCUT2D eigenvalue weighted by Gasteiger charge is -2.03. The molecule has 2 aromatic rings. The van der Waals surface area contributed by atoms with Crippen molar-refractivity contribution in [2.45, 2.75) is 17.7 Å². The van der Waals surface area contributed by atoms with Gasteiger partial charge in [-0.3, -0.25) is 4.79 Å². The molecule has 0 saturated carbocycles. The molecule has 0 fully saturated rings. The van der Waals surface area contributed by atoms with E-state index < -0.39 is 0 Å². The Labute approximate surface area is 97.9 Å². The van der Waals surface area contributed by atoms with Crippen molar-refractivity contribution in [3.63, 3.8) is 0 Å².